The van der Waals surface area contributed by atoms with E-state index in [1.807, 2.05) is 0 Å². The lowest BCUT2D eigenvalue weighted by molar-refractivity contribution is 0.0125. The van der Waals surface area contributed by atoms with Gasteiger partial charge in [-0.15, -0.1) is 0 Å². The molecular weight excluding hydrogens is 355 g/mol. The topological polar surface area (TPSA) is 105 Å². The summed E-state index contributed by atoms with van der Waals surface area (Å²) in [5.41, 5.74) is -0.863. The highest BCUT2D eigenvalue weighted by atomic mass is 35.5. The van der Waals surface area contributed by atoms with Crippen LogP contribution in [0.1, 0.15) is 37.6 Å². The van der Waals surface area contributed by atoms with Crippen LogP contribution in [0, 0.1) is 0 Å². The average Bonchev–Trinajstić information content (AvgIpc) is 2.47. The highest BCUT2D eigenvalue weighted by Gasteiger charge is 2.34. The molecule has 0 saturated carbocycles. The van der Waals surface area contributed by atoms with E-state index in [1.54, 1.807) is 20.8 Å². The van der Waals surface area contributed by atoms with E-state index in [0.29, 0.717) is 0 Å². The van der Waals surface area contributed by atoms with E-state index in [-0.39, 0.29) is 36.2 Å². The van der Waals surface area contributed by atoms with E-state index >= 15 is 0 Å². The van der Waals surface area contributed by atoms with Crippen molar-refractivity contribution in [3.8, 4) is 0 Å². The van der Waals surface area contributed by atoms with Gasteiger partial charge in [0.25, 0.3) is 0 Å². The summed E-state index contributed by atoms with van der Waals surface area (Å²) in [5, 5.41) is 11.8. The Kier molecular flexibility index (Phi) is 5.66. The smallest absolute Gasteiger partial charge is 0.410 e. The molecule has 0 aliphatic carbocycles. The number of nitrogens with one attached hydrogen (secondary N) is 1. The number of carbonyl (C=O) groups is 2. The monoisotopic (exact) mass is 374 g/mol. The van der Waals surface area contributed by atoms with Crippen LogP contribution in [-0.4, -0.2) is 62.9 Å². The fraction of sp³-hybridized carbons (Fsp3) is 0.600. The number of aromatic carboxylic acids is 1. The van der Waals surface area contributed by atoms with Gasteiger partial charge in [0.2, 0.25) is 5.28 Å². The maximum absolute atomic E-state index is 14.5. The Morgan fingerprint density at radius 1 is 1.48 bits per heavy atom. The van der Waals surface area contributed by atoms with Gasteiger partial charge in [-0.2, -0.15) is 4.98 Å². The van der Waals surface area contributed by atoms with Crippen molar-refractivity contribution in [1.82, 2.24) is 14.9 Å². The van der Waals surface area contributed by atoms with Gasteiger partial charge >= 0.3 is 12.1 Å². The molecule has 0 bridgehead atoms. The molecule has 1 aliphatic heterocycles. The Balaban J connectivity index is 2.04. The fourth-order valence-corrected chi connectivity index (χ4v) is 2.50. The summed E-state index contributed by atoms with van der Waals surface area (Å²) >= 11 is 5.68. The number of ether oxygens (including phenoxy) is 1. The molecular formula is C15H20ClFN4O4. The second-order valence-corrected chi connectivity index (χ2v) is 7.03. The zero-order valence-corrected chi connectivity index (χ0v) is 14.9. The van der Waals surface area contributed by atoms with Crippen LogP contribution < -0.4 is 5.32 Å². The Hall–Kier alpha value is -2.16. The molecule has 2 unspecified atom stereocenters. The predicted octanol–water partition coefficient (Wildman–Crippen LogP) is 2.59. The van der Waals surface area contributed by atoms with Gasteiger partial charge in [-0.05, 0) is 38.8 Å². The molecule has 1 fully saturated rings. The van der Waals surface area contributed by atoms with Crippen molar-refractivity contribution >= 4 is 29.5 Å². The normalized spacial score (nSPS) is 20.9. The van der Waals surface area contributed by atoms with Crippen molar-refractivity contribution in [2.45, 2.75) is 45.0 Å². The highest BCUT2D eigenvalue weighted by Crippen LogP contribution is 2.23. The van der Waals surface area contributed by atoms with Gasteiger partial charge in [0.05, 0.1) is 12.6 Å². The number of rotatable bonds is 3. The molecule has 1 aliphatic rings. The number of amides is 1. The molecule has 1 amide bonds. The molecule has 1 aromatic heterocycles. The molecule has 1 saturated heterocycles. The molecule has 2 atom stereocenters. The second kappa shape index (κ2) is 7.38. The zero-order valence-electron chi connectivity index (χ0n) is 14.1. The van der Waals surface area contributed by atoms with E-state index in [9.17, 15) is 14.0 Å². The number of likely N-dealkylation sites (tertiary alicyclic amines) is 1. The third-order valence-corrected chi connectivity index (χ3v) is 3.69. The Labute approximate surface area is 149 Å². The molecule has 0 aromatic carbocycles. The van der Waals surface area contributed by atoms with Crippen molar-refractivity contribution < 1.29 is 23.8 Å². The number of piperidine rings is 1. The number of carboxylic acids is 1. The van der Waals surface area contributed by atoms with Crippen molar-refractivity contribution in [1.29, 1.82) is 0 Å². The molecule has 138 valence electrons. The molecule has 2 heterocycles. The standard InChI is InChI=1S/C15H20ClFN4O4/c1-15(2,3)25-14(24)21-5-4-10(9(17)7-21)19-11-8(12(22)23)6-18-13(16)20-11/h6,9-10H,4-5,7H2,1-3H3,(H,22,23)(H,18,19,20). The first-order valence-electron chi connectivity index (χ1n) is 7.71. The summed E-state index contributed by atoms with van der Waals surface area (Å²) < 4.78 is 19.7. The van der Waals surface area contributed by atoms with Crippen molar-refractivity contribution in [3.63, 3.8) is 0 Å². The molecule has 25 heavy (non-hydrogen) atoms. The average molecular weight is 375 g/mol. The SMILES string of the molecule is CC(C)(C)OC(=O)N1CCC(Nc2nc(Cl)ncc2C(=O)O)C(F)C1. The van der Waals surface area contributed by atoms with Gasteiger partial charge in [0, 0.05) is 12.7 Å². The lowest BCUT2D eigenvalue weighted by Crippen LogP contribution is -2.51. The molecule has 10 heteroatoms. The van der Waals surface area contributed by atoms with Gasteiger partial charge in [-0.1, -0.05) is 0 Å². The summed E-state index contributed by atoms with van der Waals surface area (Å²) in [5.74, 6) is -1.30. The maximum Gasteiger partial charge on any atom is 0.410 e. The summed E-state index contributed by atoms with van der Waals surface area (Å²) in [6.45, 7) is 5.32. The predicted molar refractivity (Wildman–Crippen MR) is 88.7 cm³/mol. The number of aromatic nitrogens is 2. The van der Waals surface area contributed by atoms with E-state index in [4.69, 9.17) is 21.4 Å². The number of carbonyl (C=O) groups excluding carboxylic acids is 1. The van der Waals surface area contributed by atoms with Crippen LogP contribution in [0.25, 0.3) is 0 Å². The third-order valence-electron chi connectivity index (χ3n) is 3.51. The number of carboxylic acid groups (broad SMARTS) is 1. The van der Waals surface area contributed by atoms with Gasteiger partial charge in [-0.3, -0.25) is 0 Å². The lowest BCUT2D eigenvalue weighted by Gasteiger charge is -2.36. The Morgan fingerprint density at radius 3 is 2.72 bits per heavy atom. The van der Waals surface area contributed by atoms with Crippen LogP contribution in [0.3, 0.4) is 0 Å². The number of anilines is 1. The number of halogens is 2. The molecule has 2 N–H and O–H groups in total. The van der Waals surface area contributed by atoms with Crippen LogP contribution in [0.15, 0.2) is 6.20 Å². The quantitative estimate of drug-likeness (QED) is 0.783. The van der Waals surface area contributed by atoms with Crippen LogP contribution >= 0.6 is 11.6 Å². The minimum absolute atomic E-state index is 0.0501. The van der Waals surface area contributed by atoms with Gasteiger partial charge in [-0.25, -0.2) is 19.0 Å². The number of alkyl halides is 1. The molecule has 2 rings (SSSR count). The number of nitrogens with zero attached hydrogens (tertiary/aromatic N) is 3. The van der Waals surface area contributed by atoms with Crippen LogP contribution in [0.2, 0.25) is 5.28 Å². The second-order valence-electron chi connectivity index (χ2n) is 6.69. The molecule has 0 spiro atoms. The fourth-order valence-electron chi connectivity index (χ4n) is 2.36. The first kappa shape index (κ1) is 19.2. The summed E-state index contributed by atoms with van der Waals surface area (Å²) in [6, 6.07) is -0.706. The Bertz CT molecular complexity index is 667. The van der Waals surface area contributed by atoms with E-state index in [2.05, 4.69) is 15.3 Å². The van der Waals surface area contributed by atoms with Gasteiger partial charge in [0.15, 0.2) is 0 Å². The van der Waals surface area contributed by atoms with Crippen molar-refractivity contribution in [2.24, 2.45) is 0 Å². The zero-order chi connectivity index (χ0) is 18.8. The first-order chi connectivity index (χ1) is 11.6. The summed E-state index contributed by atoms with van der Waals surface area (Å²) in [7, 11) is 0. The van der Waals surface area contributed by atoms with Gasteiger partial charge < -0.3 is 20.1 Å². The first-order valence-corrected chi connectivity index (χ1v) is 8.09. The third kappa shape index (κ3) is 5.15. The lowest BCUT2D eigenvalue weighted by atomic mass is 10.0. The van der Waals surface area contributed by atoms with E-state index in [0.717, 1.165) is 6.20 Å². The van der Waals surface area contributed by atoms with Crippen LogP contribution in [0.5, 0.6) is 0 Å². The summed E-state index contributed by atoms with van der Waals surface area (Å²) in [6.07, 6.45) is -0.675. The Morgan fingerprint density at radius 2 is 2.16 bits per heavy atom. The molecule has 0 radical (unpaired) electrons. The number of hydrogen-bond acceptors (Lipinski definition) is 6. The maximum atomic E-state index is 14.5. The van der Waals surface area contributed by atoms with Crippen molar-refractivity contribution in [3.05, 3.63) is 17.0 Å². The molecule has 8 nitrogen and oxygen atoms in total. The largest absolute Gasteiger partial charge is 0.477 e. The number of hydrogen-bond donors (Lipinski definition) is 2. The summed E-state index contributed by atoms with van der Waals surface area (Å²) in [4.78, 5) is 31.9. The highest BCUT2D eigenvalue weighted by molar-refractivity contribution is 6.28. The molecule has 1 aromatic rings. The van der Waals surface area contributed by atoms with E-state index in [1.165, 1.54) is 4.90 Å². The minimum atomic E-state index is -1.42. The van der Waals surface area contributed by atoms with E-state index < -0.39 is 29.9 Å². The van der Waals surface area contributed by atoms with Gasteiger partial charge in [0.1, 0.15) is 23.2 Å². The van der Waals surface area contributed by atoms with Crippen LogP contribution in [0.4, 0.5) is 15.0 Å². The van der Waals surface area contributed by atoms with Crippen molar-refractivity contribution in [2.75, 3.05) is 18.4 Å². The van der Waals surface area contributed by atoms with Crippen LogP contribution in [-0.2, 0) is 4.74 Å². The minimum Gasteiger partial charge on any atom is -0.477 e.